The number of benzene rings is 8. The molecule has 8 aromatic rings. The van der Waals surface area contributed by atoms with Gasteiger partial charge in [0.05, 0.1) is 0 Å². The predicted octanol–water partition coefficient (Wildman–Crippen LogP) is 17.1. The maximum Gasteiger partial charge on any atom is 0.256 e. The second-order valence-corrected chi connectivity index (χ2v) is 26.1. The Bertz CT molecular complexity index is 3330. The molecular formula is C70H71BN2O. The summed E-state index contributed by atoms with van der Waals surface area (Å²) in [7, 11) is 0. The van der Waals surface area contributed by atoms with Gasteiger partial charge in [-0.25, -0.2) is 0 Å². The van der Waals surface area contributed by atoms with Crippen molar-refractivity contribution in [1.29, 1.82) is 0 Å². The zero-order valence-electron chi connectivity index (χ0n) is 45.1. The fourth-order valence-corrected chi connectivity index (χ4v) is 14.5. The van der Waals surface area contributed by atoms with Crippen molar-refractivity contribution in [3.8, 4) is 44.9 Å². The van der Waals surface area contributed by atoms with Crippen molar-refractivity contribution in [3.63, 3.8) is 0 Å². The number of fused-ring (bicyclic) bond motifs is 4. The van der Waals surface area contributed by atoms with Gasteiger partial charge in [-0.3, -0.25) is 0 Å². The first-order chi connectivity index (χ1) is 35.5. The highest BCUT2D eigenvalue weighted by molar-refractivity contribution is 6.99. The van der Waals surface area contributed by atoms with Crippen LogP contribution < -0.4 is 30.9 Å². The third kappa shape index (κ3) is 8.01. The van der Waals surface area contributed by atoms with Gasteiger partial charge in [0.15, 0.2) is 0 Å². The molecule has 4 saturated carbocycles. The van der Waals surface area contributed by atoms with Crippen LogP contribution in [0.25, 0.3) is 33.4 Å². The van der Waals surface area contributed by atoms with Gasteiger partial charge in [0.2, 0.25) is 0 Å². The minimum atomic E-state index is -0.0816. The Morgan fingerprint density at radius 2 is 0.905 bits per heavy atom. The van der Waals surface area contributed by atoms with Crippen molar-refractivity contribution in [2.24, 2.45) is 17.8 Å². The van der Waals surface area contributed by atoms with Crippen LogP contribution >= 0.6 is 0 Å². The molecule has 14 rings (SSSR count). The van der Waals surface area contributed by atoms with E-state index in [1.54, 1.807) is 0 Å². The number of hydrogen-bond acceptors (Lipinski definition) is 3. The van der Waals surface area contributed by atoms with Crippen molar-refractivity contribution in [3.05, 3.63) is 193 Å². The van der Waals surface area contributed by atoms with E-state index in [2.05, 4.69) is 248 Å². The van der Waals surface area contributed by atoms with E-state index in [9.17, 15) is 0 Å². The van der Waals surface area contributed by atoms with E-state index in [-0.39, 0.29) is 28.5 Å². The topological polar surface area (TPSA) is 15.7 Å². The lowest BCUT2D eigenvalue weighted by Crippen LogP contribution is -2.66. The van der Waals surface area contributed by atoms with Gasteiger partial charge in [-0.1, -0.05) is 178 Å². The first-order valence-corrected chi connectivity index (χ1v) is 27.7. The summed E-state index contributed by atoms with van der Waals surface area (Å²) in [6.45, 7) is 20.6. The van der Waals surface area contributed by atoms with Crippen molar-refractivity contribution >= 4 is 51.5 Å². The normalized spacial score (nSPS) is 20.4. The van der Waals surface area contributed by atoms with Gasteiger partial charge in [0.1, 0.15) is 11.5 Å². The van der Waals surface area contributed by atoms with E-state index in [0.29, 0.717) is 0 Å². The third-order valence-electron chi connectivity index (χ3n) is 17.9. The van der Waals surface area contributed by atoms with E-state index in [0.717, 1.165) is 46.3 Å². The maximum atomic E-state index is 7.46. The second kappa shape index (κ2) is 17.1. The van der Waals surface area contributed by atoms with Crippen LogP contribution in [0.1, 0.15) is 118 Å². The molecule has 4 bridgehead atoms. The summed E-state index contributed by atoms with van der Waals surface area (Å²) in [6, 6.07) is 67.4. The smallest absolute Gasteiger partial charge is 0.256 e. The fourth-order valence-electron chi connectivity index (χ4n) is 14.5. The lowest BCUT2D eigenvalue weighted by atomic mass is 9.33. The molecule has 4 fully saturated rings. The van der Waals surface area contributed by atoms with Crippen LogP contribution in [0, 0.1) is 17.8 Å². The van der Waals surface area contributed by atoms with E-state index >= 15 is 0 Å². The summed E-state index contributed by atoms with van der Waals surface area (Å²) >= 11 is 0. The van der Waals surface area contributed by atoms with Gasteiger partial charge >= 0.3 is 0 Å². The van der Waals surface area contributed by atoms with E-state index in [1.165, 1.54) is 116 Å². The molecule has 74 heavy (non-hydrogen) atoms. The molecule has 8 aromatic carbocycles. The minimum Gasteiger partial charge on any atom is -0.458 e. The number of ether oxygens (including phenoxy) is 1. The first kappa shape index (κ1) is 47.0. The Morgan fingerprint density at radius 3 is 1.41 bits per heavy atom. The van der Waals surface area contributed by atoms with Crippen molar-refractivity contribution in [1.82, 2.24) is 0 Å². The largest absolute Gasteiger partial charge is 0.458 e. The Balaban J connectivity index is 1.08. The molecule has 3 nitrogen and oxygen atoms in total. The average Bonchev–Trinajstić information content (AvgIpc) is 3.40. The van der Waals surface area contributed by atoms with Crippen LogP contribution in [0.2, 0.25) is 0 Å². The lowest BCUT2D eigenvalue weighted by Gasteiger charge is -2.62. The number of anilines is 5. The zero-order valence-corrected chi connectivity index (χ0v) is 45.1. The monoisotopic (exact) mass is 967 g/mol. The molecule has 6 aliphatic rings. The molecule has 0 atom stereocenters. The summed E-state index contributed by atoms with van der Waals surface area (Å²) in [5.74, 6) is 4.20. The molecule has 0 radical (unpaired) electrons. The van der Waals surface area contributed by atoms with Crippen LogP contribution in [-0.4, -0.2) is 12.3 Å². The molecule has 0 unspecified atom stereocenters. The van der Waals surface area contributed by atoms with Crippen LogP contribution in [0.5, 0.6) is 11.5 Å². The molecule has 4 aliphatic carbocycles. The fraction of sp³-hybridized carbons (Fsp3) is 0.314. The highest BCUT2D eigenvalue weighted by Gasteiger charge is 2.57. The molecule has 2 aliphatic heterocycles. The van der Waals surface area contributed by atoms with Gasteiger partial charge < -0.3 is 14.5 Å². The minimum absolute atomic E-state index is 0.0105. The standard InChI is InChI=1S/C70H71BN2O/c1-67(2,3)52-22-20-48(21-23-52)51-37-63-66-65(38-51)74-64-33-32-57(72(55-28-24-53(25-29-55)68(4,5)6)56-30-26-54(27-31-56)69(7,8)9)39-61(64)71(66)60-40-58(49-16-12-10-13-17-49)59(50-18-14-11-15-19-50)41-62(60)73(63)70-42-45-34-46(43-70)36-47(35-45)44-70/h10-33,37-41,45-47H,34-36,42-44H2,1-9H3. The van der Waals surface area contributed by atoms with Crippen molar-refractivity contribution < 1.29 is 4.74 Å². The highest BCUT2D eigenvalue weighted by Crippen LogP contribution is 2.61. The Morgan fingerprint density at radius 1 is 0.432 bits per heavy atom. The number of rotatable bonds is 7. The molecule has 370 valence electrons. The van der Waals surface area contributed by atoms with E-state index < -0.39 is 0 Å². The lowest BCUT2D eigenvalue weighted by molar-refractivity contribution is 0.000634. The molecule has 0 N–H and O–H groups in total. The number of nitrogens with zero attached hydrogens (tertiary/aromatic N) is 2. The van der Waals surface area contributed by atoms with Crippen molar-refractivity contribution in [2.45, 2.75) is 123 Å². The van der Waals surface area contributed by atoms with Gasteiger partial charge in [-0.05, 0) is 200 Å². The Hall–Kier alpha value is -6.78. The van der Waals surface area contributed by atoms with Crippen molar-refractivity contribution in [2.75, 3.05) is 9.80 Å². The van der Waals surface area contributed by atoms with Crippen LogP contribution in [0.15, 0.2) is 176 Å². The summed E-state index contributed by atoms with van der Waals surface area (Å²) in [6.07, 6.45) is 7.87. The van der Waals surface area contributed by atoms with E-state index in [1.807, 2.05) is 0 Å². The average molecular weight is 967 g/mol. The van der Waals surface area contributed by atoms with Crippen LogP contribution in [-0.2, 0) is 16.2 Å². The van der Waals surface area contributed by atoms with Crippen LogP contribution in [0.3, 0.4) is 0 Å². The molecule has 0 aromatic heterocycles. The summed E-state index contributed by atoms with van der Waals surface area (Å²) in [5.41, 5.74) is 21.6. The number of hydrogen-bond donors (Lipinski definition) is 0. The Kier molecular flexibility index (Phi) is 10.9. The second-order valence-electron chi connectivity index (χ2n) is 26.1. The summed E-state index contributed by atoms with van der Waals surface area (Å²) in [4.78, 5) is 5.40. The SMILES string of the molecule is CC(C)(C)c1ccc(-c2cc3c4c(c2)N(C25CC6CC(CC(C6)C2)C5)c2cc(-c5ccccc5)c(-c5ccccc5)cc2B4c2cc(N(c4ccc(C(C)(C)C)cc4)c4ccc(C(C)(C)C)cc4)ccc2O3)cc1. The Labute approximate surface area is 441 Å². The summed E-state index contributed by atoms with van der Waals surface area (Å²) < 4.78 is 7.46. The quantitative estimate of drug-likeness (QED) is 0.148. The molecule has 2 heterocycles. The van der Waals surface area contributed by atoms with E-state index in [4.69, 9.17) is 4.74 Å². The molecular weight excluding hydrogens is 896 g/mol. The first-order valence-electron chi connectivity index (χ1n) is 27.7. The molecule has 0 saturated heterocycles. The third-order valence-corrected chi connectivity index (χ3v) is 17.9. The maximum absolute atomic E-state index is 7.46. The van der Waals surface area contributed by atoms with Gasteiger partial charge in [-0.15, -0.1) is 0 Å². The van der Waals surface area contributed by atoms with Gasteiger partial charge in [-0.2, -0.15) is 0 Å². The summed E-state index contributed by atoms with van der Waals surface area (Å²) in [5, 5.41) is 0. The van der Waals surface area contributed by atoms with Gasteiger partial charge in [0.25, 0.3) is 6.71 Å². The molecule has 4 heteroatoms. The molecule has 0 amide bonds. The predicted molar refractivity (Wildman–Crippen MR) is 314 cm³/mol. The molecule has 0 spiro atoms. The highest BCUT2D eigenvalue weighted by atomic mass is 16.5. The zero-order chi connectivity index (χ0) is 50.9. The van der Waals surface area contributed by atoms with Crippen LogP contribution in [0.4, 0.5) is 28.4 Å². The van der Waals surface area contributed by atoms with Gasteiger partial charge in [0, 0.05) is 34.0 Å².